The number of nitrogens with two attached hydrogens (primary N) is 2. The Morgan fingerprint density at radius 2 is 1.97 bits per heavy atom. The number of allylic oxidation sites excluding steroid dienone is 2. The third kappa shape index (κ3) is 5.57. The summed E-state index contributed by atoms with van der Waals surface area (Å²) in [6.07, 6.45) is 4.60. The Morgan fingerprint density at radius 3 is 2.68 bits per heavy atom. The molecule has 0 radical (unpaired) electrons. The number of amides is 1. The van der Waals surface area contributed by atoms with Gasteiger partial charge in [0.1, 0.15) is 11.9 Å². The molecule has 2 heterocycles. The lowest BCUT2D eigenvalue weighted by molar-refractivity contribution is -0.140. The van der Waals surface area contributed by atoms with Crippen LogP contribution in [0.2, 0.25) is 0 Å². The molecular weight excluding hydrogens is 422 g/mol. The summed E-state index contributed by atoms with van der Waals surface area (Å²) in [6.45, 7) is 0. The van der Waals surface area contributed by atoms with Crippen LogP contribution in [0.15, 0.2) is 18.2 Å². The lowest BCUT2D eigenvalue weighted by Crippen LogP contribution is -2.40. The molecule has 31 heavy (non-hydrogen) atoms. The number of nitrogens with zero attached hydrogens (tertiary/aromatic N) is 2. The minimum absolute atomic E-state index is 0.176. The van der Waals surface area contributed by atoms with E-state index in [2.05, 4.69) is 21.4 Å². The van der Waals surface area contributed by atoms with Crippen molar-refractivity contribution >= 4 is 46.5 Å². The fraction of sp³-hybridized carbons (Fsp3) is 0.350. The highest BCUT2D eigenvalue weighted by atomic mass is 32.1. The maximum Gasteiger partial charge on any atom is 0.326 e. The highest BCUT2D eigenvalue weighted by molar-refractivity contribution is 7.14. The summed E-state index contributed by atoms with van der Waals surface area (Å²) >= 11 is 1.28. The van der Waals surface area contributed by atoms with E-state index in [0.717, 1.165) is 41.0 Å². The molecule has 2 aromatic rings. The quantitative estimate of drug-likeness (QED) is 0.383. The molecule has 0 bridgehead atoms. The highest BCUT2D eigenvalue weighted by Gasteiger charge is 2.23. The molecule has 0 spiro atoms. The van der Waals surface area contributed by atoms with Crippen LogP contribution < -0.4 is 16.8 Å². The molecule has 164 valence electrons. The Labute approximate surface area is 182 Å². The van der Waals surface area contributed by atoms with Gasteiger partial charge in [0.2, 0.25) is 5.95 Å². The third-order valence-corrected chi connectivity index (χ3v) is 6.04. The maximum absolute atomic E-state index is 12.3. The fourth-order valence-electron chi connectivity index (χ4n) is 3.44. The number of rotatable bonds is 9. The Kier molecular flexibility index (Phi) is 6.85. The predicted octanol–water partition coefficient (Wildman–Crippen LogP) is 1.71. The standard InChI is InChI=1S/C20H23N5O5S/c21-17-16-10(4-6-12(16)24-20(22)25-17)2-1-3-11-5-8-14(31-11)18(28)23-13(19(29)30)7-9-15(26)27/h2,5,8,13H,1,3-4,6-7,9H2,(H,23,28)(H,26,27)(H,29,30)(H4,21,22,24,25)/t13-/m0/s1. The van der Waals surface area contributed by atoms with Gasteiger partial charge in [0.15, 0.2) is 0 Å². The van der Waals surface area contributed by atoms with Gasteiger partial charge in [-0.2, -0.15) is 4.98 Å². The van der Waals surface area contributed by atoms with E-state index in [1.54, 1.807) is 6.07 Å². The first-order chi connectivity index (χ1) is 14.7. The first-order valence-electron chi connectivity index (χ1n) is 9.70. The molecule has 2 aromatic heterocycles. The van der Waals surface area contributed by atoms with Crippen LogP contribution in [-0.4, -0.2) is 44.1 Å². The van der Waals surface area contributed by atoms with Crippen molar-refractivity contribution in [2.45, 2.75) is 44.6 Å². The number of nitrogen functional groups attached to an aromatic ring is 2. The van der Waals surface area contributed by atoms with Crippen molar-refractivity contribution in [3.8, 4) is 0 Å². The monoisotopic (exact) mass is 445 g/mol. The topological polar surface area (TPSA) is 182 Å². The summed E-state index contributed by atoms with van der Waals surface area (Å²) in [6, 6.07) is 2.22. The van der Waals surface area contributed by atoms with Crippen molar-refractivity contribution in [2.75, 3.05) is 11.5 Å². The SMILES string of the molecule is Nc1nc(N)c2c(n1)CCC2=CCCc1ccc(C(=O)N[C@@H](CCC(=O)O)C(=O)O)s1. The number of aryl methyl sites for hydroxylation is 2. The number of nitrogens with one attached hydrogen (secondary N) is 1. The number of hydrogen-bond acceptors (Lipinski definition) is 8. The number of anilines is 2. The molecule has 1 amide bonds. The van der Waals surface area contributed by atoms with Crippen molar-refractivity contribution in [3.05, 3.63) is 39.2 Å². The lowest BCUT2D eigenvalue weighted by atomic mass is 10.1. The summed E-state index contributed by atoms with van der Waals surface area (Å²) in [4.78, 5) is 43.9. The van der Waals surface area contributed by atoms with Crippen LogP contribution in [-0.2, 0) is 22.4 Å². The number of carboxylic acid groups (broad SMARTS) is 2. The van der Waals surface area contributed by atoms with Gasteiger partial charge in [-0.05, 0) is 49.8 Å². The van der Waals surface area contributed by atoms with Crippen LogP contribution in [0.3, 0.4) is 0 Å². The molecule has 7 N–H and O–H groups in total. The number of thiophene rings is 1. The summed E-state index contributed by atoms with van der Waals surface area (Å²) < 4.78 is 0. The molecule has 0 saturated heterocycles. The van der Waals surface area contributed by atoms with Crippen LogP contribution in [0.1, 0.15) is 51.5 Å². The van der Waals surface area contributed by atoms with Gasteiger partial charge in [0, 0.05) is 16.9 Å². The van der Waals surface area contributed by atoms with Gasteiger partial charge in [-0.15, -0.1) is 11.3 Å². The number of carbonyl (C=O) groups excluding carboxylic acids is 1. The molecule has 3 rings (SSSR count). The number of carbonyl (C=O) groups is 3. The van der Waals surface area contributed by atoms with E-state index in [1.807, 2.05) is 6.07 Å². The van der Waals surface area contributed by atoms with Gasteiger partial charge in [-0.3, -0.25) is 9.59 Å². The summed E-state index contributed by atoms with van der Waals surface area (Å²) in [5.74, 6) is -2.35. The number of carboxylic acids is 2. The van der Waals surface area contributed by atoms with E-state index in [9.17, 15) is 19.5 Å². The van der Waals surface area contributed by atoms with E-state index in [0.29, 0.717) is 17.1 Å². The molecular formula is C20H23N5O5S. The minimum Gasteiger partial charge on any atom is -0.481 e. The normalized spacial score (nSPS) is 14.9. The maximum atomic E-state index is 12.3. The number of aliphatic carboxylic acids is 2. The summed E-state index contributed by atoms with van der Waals surface area (Å²) in [5, 5.41) is 20.3. The van der Waals surface area contributed by atoms with Gasteiger partial charge in [0.25, 0.3) is 5.91 Å². The molecule has 0 aromatic carbocycles. The molecule has 10 nitrogen and oxygen atoms in total. The zero-order chi connectivity index (χ0) is 22.5. The van der Waals surface area contributed by atoms with Gasteiger partial charge < -0.3 is 27.0 Å². The smallest absolute Gasteiger partial charge is 0.326 e. The van der Waals surface area contributed by atoms with Crippen LogP contribution in [0.4, 0.5) is 11.8 Å². The van der Waals surface area contributed by atoms with Gasteiger partial charge in [0.05, 0.1) is 10.6 Å². The first-order valence-corrected chi connectivity index (χ1v) is 10.5. The van der Waals surface area contributed by atoms with E-state index >= 15 is 0 Å². The van der Waals surface area contributed by atoms with E-state index in [1.165, 1.54) is 11.3 Å². The van der Waals surface area contributed by atoms with Gasteiger partial charge >= 0.3 is 11.9 Å². The van der Waals surface area contributed by atoms with Crippen molar-refractivity contribution in [1.29, 1.82) is 0 Å². The number of hydrogen-bond donors (Lipinski definition) is 5. The second kappa shape index (κ2) is 9.56. The Bertz CT molecular complexity index is 1050. The number of fused-ring (bicyclic) bond motifs is 1. The van der Waals surface area contributed by atoms with Gasteiger partial charge in [-0.1, -0.05) is 6.08 Å². The van der Waals surface area contributed by atoms with E-state index in [4.69, 9.17) is 16.6 Å². The molecule has 11 heteroatoms. The predicted molar refractivity (Wildman–Crippen MR) is 116 cm³/mol. The van der Waals surface area contributed by atoms with Gasteiger partial charge in [-0.25, -0.2) is 9.78 Å². The molecule has 0 fully saturated rings. The zero-order valence-electron chi connectivity index (χ0n) is 16.6. The van der Waals surface area contributed by atoms with Crippen molar-refractivity contribution < 1.29 is 24.6 Å². The Balaban J connectivity index is 1.58. The van der Waals surface area contributed by atoms with E-state index in [-0.39, 0.29) is 18.8 Å². The largest absolute Gasteiger partial charge is 0.481 e. The van der Waals surface area contributed by atoms with E-state index < -0.39 is 23.9 Å². The van der Waals surface area contributed by atoms with Crippen LogP contribution in [0, 0.1) is 0 Å². The molecule has 0 saturated carbocycles. The second-order valence-electron chi connectivity index (χ2n) is 7.12. The van der Waals surface area contributed by atoms with Crippen molar-refractivity contribution in [3.63, 3.8) is 0 Å². The van der Waals surface area contributed by atoms with Crippen LogP contribution in [0.25, 0.3) is 5.57 Å². The lowest BCUT2D eigenvalue weighted by Gasteiger charge is -2.12. The minimum atomic E-state index is -1.26. The molecule has 1 atom stereocenters. The van der Waals surface area contributed by atoms with Crippen molar-refractivity contribution in [2.24, 2.45) is 0 Å². The zero-order valence-corrected chi connectivity index (χ0v) is 17.4. The Morgan fingerprint density at radius 1 is 1.19 bits per heavy atom. The average molecular weight is 446 g/mol. The average Bonchev–Trinajstić information content (AvgIpc) is 3.32. The fourth-order valence-corrected chi connectivity index (χ4v) is 4.36. The molecule has 1 aliphatic carbocycles. The van der Waals surface area contributed by atoms with Crippen LogP contribution >= 0.6 is 11.3 Å². The number of aromatic nitrogens is 2. The summed E-state index contributed by atoms with van der Waals surface area (Å²) in [7, 11) is 0. The van der Waals surface area contributed by atoms with Crippen LogP contribution in [0.5, 0.6) is 0 Å². The highest BCUT2D eigenvalue weighted by Crippen LogP contribution is 2.35. The molecule has 0 unspecified atom stereocenters. The second-order valence-corrected chi connectivity index (χ2v) is 8.29. The molecule has 0 aliphatic heterocycles. The third-order valence-electron chi connectivity index (χ3n) is 4.90. The van der Waals surface area contributed by atoms with Crippen molar-refractivity contribution in [1.82, 2.24) is 15.3 Å². The molecule has 1 aliphatic rings. The first kappa shape index (κ1) is 22.2. The summed E-state index contributed by atoms with van der Waals surface area (Å²) in [5.41, 5.74) is 14.5. The Hall–Kier alpha value is -3.47.